The van der Waals surface area contributed by atoms with Crippen molar-refractivity contribution in [2.24, 2.45) is 5.92 Å². The monoisotopic (exact) mass is 344 g/mol. The van der Waals surface area contributed by atoms with Crippen molar-refractivity contribution in [2.45, 2.75) is 40.8 Å². The zero-order valence-corrected chi connectivity index (χ0v) is 15.7. The van der Waals surface area contributed by atoms with Crippen LogP contribution in [0.2, 0.25) is 0 Å². The van der Waals surface area contributed by atoms with Gasteiger partial charge in [0.2, 0.25) is 0 Å². The van der Waals surface area contributed by atoms with E-state index in [0.717, 1.165) is 44.2 Å². The SMILES string of the molecule is CCN(CC)C[C@@H]1CN(C(=O)c2cc(C)oc2C)Cc2ccnn2C1. The van der Waals surface area contributed by atoms with Crippen LogP contribution in [0.4, 0.5) is 0 Å². The molecule has 0 unspecified atom stereocenters. The molecule has 6 heteroatoms. The number of aromatic nitrogens is 2. The molecular weight excluding hydrogens is 316 g/mol. The van der Waals surface area contributed by atoms with Crippen molar-refractivity contribution in [3.63, 3.8) is 0 Å². The molecule has 1 aliphatic rings. The van der Waals surface area contributed by atoms with Gasteiger partial charge in [-0.2, -0.15) is 5.10 Å². The van der Waals surface area contributed by atoms with E-state index in [0.29, 0.717) is 23.8 Å². The van der Waals surface area contributed by atoms with Crippen LogP contribution in [0.25, 0.3) is 0 Å². The fourth-order valence-electron chi connectivity index (χ4n) is 3.66. The molecule has 0 radical (unpaired) electrons. The van der Waals surface area contributed by atoms with E-state index in [1.165, 1.54) is 0 Å². The van der Waals surface area contributed by atoms with Gasteiger partial charge in [0.15, 0.2) is 0 Å². The van der Waals surface area contributed by atoms with Crippen LogP contribution in [0.3, 0.4) is 0 Å². The molecule has 0 saturated heterocycles. The molecule has 2 aromatic rings. The summed E-state index contributed by atoms with van der Waals surface area (Å²) in [5, 5.41) is 4.46. The van der Waals surface area contributed by atoms with E-state index >= 15 is 0 Å². The van der Waals surface area contributed by atoms with E-state index in [1.54, 1.807) is 0 Å². The van der Waals surface area contributed by atoms with Gasteiger partial charge in [-0.1, -0.05) is 13.8 Å². The van der Waals surface area contributed by atoms with Crippen molar-refractivity contribution in [1.82, 2.24) is 19.6 Å². The fraction of sp³-hybridized carbons (Fsp3) is 0.579. The topological polar surface area (TPSA) is 54.5 Å². The summed E-state index contributed by atoms with van der Waals surface area (Å²) in [5.74, 6) is 1.88. The lowest BCUT2D eigenvalue weighted by Crippen LogP contribution is -2.39. The van der Waals surface area contributed by atoms with Gasteiger partial charge in [-0.15, -0.1) is 0 Å². The molecule has 0 N–H and O–H groups in total. The number of carbonyl (C=O) groups is 1. The normalized spacial score (nSPS) is 17.6. The molecule has 1 aliphatic heterocycles. The smallest absolute Gasteiger partial charge is 0.257 e. The molecule has 3 heterocycles. The predicted molar refractivity (Wildman–Crippen MR) is 96.4 cm³/mol. The Morgan fingerprint density at radius 1 is 1.32 bits per heavy atom. The minimum Gasteiger partial charge on any atom is -0.466 e. The van der Waals surface area contributed by atoms with E-state index in [9.17, 15) is 4.79 Å². The van der Waals surface area contributed by atoms with E-state index in [1.807, 2.05) is 37.1 Å². The van der Waals surface area contributed by atoms with Crippen LogP contribution >= 0.6 is 0 Å². The number of nitrogens with zero attached hydrogens (tertiary/aromatic N) is 4. The molecule has 3 rings (SSSR count). The number of fused-ring (bicyclic) bond motifs is 1. The van der Waals surface area contributed by atoms with Crippen LogP contribution in [0.1, 0.15) is 41.4 Å². The first-order chi connectivity index (χ1) is 12.0. The van der Waals surface area contributed by atoms with Crippen LogP contribution in [0.5, 0.6) is 0 Å². The summed E-state index contributed by atoms with van der Waals surface area (Å²) in [6.45, 7) is 13.3. The second-order valence-corrected chi connectivity index (χ2v) is 6.87. The van der Waals surface area contributed by atoms with Crippen molar-refractivity contribution in [3.8, 4) is 0 Å². The first-order valence-electron chi connectivity index (χ1n) is 9.11. The Labute approximate surface area is 149 Å². The van der Waals surface area contributed by atoms with Gasteiger partial charge in [0.05, 0.1) is 17.8 Å². The Morgan fingerprint density at radius 2 is 2.08 bits per heavy atom. The largest absolute Gasteiger partial charge is 0.466 e. The number of rotatable bonds is 5. The van der Waals surface area contributed by atoms with Crippen LogP contribution in [-0.2, 0) is 13.1 Å². The number of hydrogen-bond acceptors (Lipinski definition) is 4. The van der Waals surface area contributed by atoms with E-state index in [-0.39, 0.29) is 5.91 Å². The van der Waals surface area contributed by atoms with Gasteiger partial charge in [-0.05, 0) is 39.1 Å². The van der Waals surface area contributed by atoms with Gasteiger partial charge in [0.1, 0.15) is 11.5 Å². The Bertz CT molecular complexity index is 730. The fourth-order valence-corrected chi connectivity index (χ4v) is 3.66. The lowest BCUT2D eigenvalue weighted by Gasteiger charge is -2.28. The number of amides is 1. The predicted octanol–water partition coefficient (Wildman–Crippen LogP) is 2.71. The third-order valence-electron chi connectivity index (χ3n) is 5.04. The van der Waals surface area contributed by atoms with Crippen LogP contribution in [0, 0.1) is 19.8 Å². The maximum atomic E-state index is 13.1. The van der Waals surface area contributed by atoms with Gasteiger partial charge in [-0.25, -0.2) is 0 Å². The molecule has 0 fully saturated rings. The van der Waals surface area contributed by atoms with Gasteiger partial charge < -0.3 is 14.2 Å². The van der Waals surface area contributed by atoms with Gasteiger partial charge >= 0.3 is 0 Å². The highest BCUT2D eigenvalue weighted by Gasteiger charge is 2.28. The highest BCUT2D eigenvalue weighted by molar-refractivity contribution is 5.95. The Balaban J connectivity index is 1.85. The van der Waals surface area contributed by atoms with Crippen molar-refractivity contribution in [1.29, 1.82) is 0 Å². The minimum absolute atomic E-state index is 0.0496. The molecule has 6 nitrogen and oxygen atoms in total. The van der Waals surface area contributed by atoms with E-state index < -0.39 is 0 Å². The summed E-state index contributed by atoms with van der Waals surface area (Å²) in [4.78, 5) is 17.5. The highest BCUT2D eigenvalue weighted by Crippen LogP contribution is 2.22. The molecule has 0 spiro atoms. The summed E-state index contributed by atoms with van der Waals surface area (Å²) in [7, 11) is 0. The molecule has 1 amide bonds. The molecule has 0 aliphatic carbocycles. The molecule has 136 valence electrons. The summed E-state index contributed by atoms with van der Waals surface area (Å²) >= 11 is 0. The van der Waals surface area contributed by atoms with Crippen LogP contribution in [-0.4, -0.2) is 51.7 Å². The number of hydrogen-bond donors (Lipinski definition) is 0. The zero-order chi connectivity index (χ0) is 18.0. The quantitative estimate of drug-likeness (QED) is 0.837. The molecule has 1 atom stereocenters. The molecule has 2 aromatic heterocycles. The summed E-state index contributed by atoms with van der Waals surface area (Å²) in [6, 6.07) is 3.85. The number of aryl methyl sites for hydroxylation is 2. The van der Waals surface area contributed by atoms with Crippen LogP contribution in [0.15, 0.2) is 22.7 Å². The van der Waals surface area contributed by atoms with Gasteiger partial charge in [0.25, 0.3) is 5.91 Å². The third kappa shape index (κ3) is 3.79. The van der Waals surface area contributed by atoms with Gasteiger partial charge in [0, 0.05) is 31.7 Å². The van der Waals surface area contributed by atoms with E-state index in [2.05, 4.69) is 28.5 Å². The molecule has 0 aromatic carbocycles. The average molecular weight is 344 g/mol. The first-order valence-corrected chi connectivity index (χ1v) is 9.11. The Morgan fingerprint density at radius 3 is 2.72 bits per heavy atom. The standard InChI is InChI=1S/C19H28N4O2/c1-5-21(6-2)10-16-11-22(13-17-7-8-20-23(17)12-16)19(24)18-9-14(3)25-15(18)4/h7-9,16H,5-6,10-13H2,1-4H3/t16-/m1/s1. The lowest BCUT2D eigenvalue weighted by molar-refractivity contribution is 0.0704. The van der Waals surface area contributed by atoms with Crippen molar-refractivity contribution in [3.05, 3.63) is 41.1 Å². The van der Waals surface area contributed by atoms with Crippen molar-refractivity contribution >= 4 is 5.91 Å². The molecule has 25 heavy (non-hydrogen) atoms. The van der Waals surface area contributed by atoms with E-state index in [4.69, 9.17) is 4.42 Å². The highest BCUT2D eigenvalue weighted by atomic mass is 16.3. The van der Waals surface area contributed by atoms with Crippen LogP contribution < -0.4 is 0 Å². The number of carbonyl (C=O) groups excluding carboxylic acids is 1. The minimum atomic E-state index is 0.0496. The van der Waals surface area contributed by atoms with Crippen molar-refractivity contribution < 1.29 is 9.21 Å². The Hall–Kier alpha value is -2.08. The van der Waals surface area contributed by atoms with Gasteiger partial charge in [-0.3, -0.25) is 9.48 Å². The summed E-state index contributed by atoms with van der Waals surface area (Å²) in [6.07, 6.45) is 1.82. The average Bonchev–Trinajstić information content (AvgIpc) is 3.12. The molecule has 0 saturated carbocycles. The maximum Gasteiger partial charge on any atom is 0.257 e. The maximum absolute atomic E-state index is 13.1. The second-order valence-electron chi connectivity index (χ2n) is 6.87. The second kappa shape index (κ2) is 7.44. The summed E-state index contributed by atoms with van der Waals surface area (Å²) in [5.41, 5.74) is 1.76. The molecule has 0 bridgehead atoms. The molecular formula is C19H28N4O2. The zero-order valence-electron chi connectivity index (χ0n) is 15.7. The lowest BCUT2D eigenvalue weighted by atomic mass is 10.1. The third-order valence-corrected chi connectivity index (χ3v) is 5.04. The van der Waals surface area contributed by atoms with Crippen molar-refractivity contribution in [2.75, 3.05) is 26.2 Å². The summed E-state index contributed by atoms with van der Waals surface area (Å²) < 4.78 is 7.62. The number of furan rings is 1. The first kappa shape index (κ1) is 17.7. The Kier molecular flexibility index (Phi) is 5.27.